The third-order valence-electron chi connectivity index (χ3n) is 3.90. The van der Waals surface area contributed by atoms with E-state index in [0.29, 0.717) is 21.8 Å². The number of hydrogen-bond donors (Lipinski definition) is 1. The molecule has 146 valence electrons. The van der Waals surface area contributed by atoms with Gasteiger partial charge in [0.25, 0.3) is 5.91 Å². The fourth-order valence-corrected chi connectivity index (χ4v) is 4.25. The molecule has 2 N–H and O–H groups in total. The monoisotopic (exact) mass is 417 g/mol. The Morgan fingerprint density at radius 2 is 2.00 bits per heavy atom. The van der Waals surface area contributed by atoms with Crippen LogP contribution in [0.2, 0.25) is 0 Å². The van der Waals surface area contributed by atoms with E-state index in [4.69, 9.17) is 9.88 Å². The summed E-state index contributed by atoms with van der Waals surface area (Å²) in [5, 5.41) is 5.20. The Labute approximate surface area is 166 Å². The summed E-state index contributed by atoms with van der Waals surface area (Å²) < 4.78 is 31.1. The number of nitrogens with two attached hydrogens (primary N) is 1. The number of thiazole rings is 1. The Balaban J connectivity index is 1.93. The summed E-state index contributed by atoms with van der Waals surface area (Å²) in [5.41, 5.74) is 1.83. The van der Waals surface area contributed by atoms with Crippen molar-refractivity contribution < 1.29 is 17.9 Å². The summed E-state index contributed by atoms with van der Waals surface area (Å²) in [6.07, 6.45) is 1.67. The molecule has 1 aromatic heterocycles. The van der Waals surface area contributed by atoms with E-state index in [1.165, 1.54) is 23.5 Å². The lowest BCUT2D eigenvalue weighted by atomic mass is 10.2. The maximum Gasteiger partial charge on any atom is 0.286 e. The van der Waals surface area contributed by atoms with Crippen molar-refractivity contribution in [2.75, 3.05) is 6.61 Å². The van der Waals surface area contributed by atoms with Gasteiger partial charge in [0.1, 0.15) is 5.75 Å². The summed E-state index contributed by atoms with van der Waals surface area (Å²) in [7, 11) is -3.82. The topological polar surface area (TPSA) is 104 Å². The van der Waals surface area contributed by atoms with Crippen LogP contribution in [-0.2, 0) is 21.4 Å². The molecular formula is C19H19N3O4S2. The van der Waals surface area contributed by atoms with Crippen molar-refractivity contribution in [2.24, 2.45) is 10.1 Å². The van der Waals surface area contributed by atoms with Crippen LogP contribution in [0.15, 0.2) is 65.0 Å². The van der Waals surface area contributed by atoms with Gasteiger partial charge in [-0.2, -0.15) is 4.99 Å². The molecule has 9 heteroatoms. The first-order valence-electron chi connectivity index (χ1n) is 8.32. The molecule has 7 nitrogen and oxygen atoms in total. The van der Waals surface area contributed by atoms with Crippen molar-refractivity contribution in [3.8, 4) is 5.75 Å². The van der Waals surface area contributed by atoms with E-state index >= 15 is 0 Å². The highest BCUT2D eigenvalue weighted by Gasteiger charge is 2.13. The van der Waals surface area contributed by atoms with Crippen LogP contribution in [0.4, 0.5) is 0 Å². The zero-order valence-electron chi connectivity index (χ0n) is 15.2. The van der Waals surface area contributed by atoms with Crippen LogP contribution in [0.3, 0.4) is 0 Å². The fraction of sp³-hybridized carbons (Fsp3) is 0.158. The van der Waals surface area contributed by atoms with Gasteiger partial charge in [-0.15, -0.1) is 6.58 Å². The van der Waals surface area contributed by atoms with E-state index in [1.54, 1.807) is 28.8 Å². The van der Waals surface area contributed by atoms with Crippen LogP contribution in [0.1, 0.15) is 5.56 Å². The molecular weight excluding hydrogens is 398 g/mol. The molecule has 0 aliphatic rings. The van der Waals surface area contributed by atoms with Crippen molar-refractivity contribution in [1.82, 2.24) is 4.57 Å². The first kappa shape index (κ1) is 20.0. The van der Waals surface area contributed by atoms with Crippen molar-refractivity contribution in [3.05, 3.63) is 65.5 Å². The van der Waals surface area contributed by atoms with Crippen LogP contribution in [-0.4, -0.2) is 25.5 Å². The first-order chi connectivity index (χ1) is 13.3. The summed E-state index contributed by atoms with van der Waals surface area (Å²) >= 11 is 1.20. The summed E-state index contributed by atoms with van der Waals surface area (Å²) in [5.74, 6) is 0.138. The molecule has 0 saturated heterocycles. The molecule has 0 aliphatic carbocycles. The van der Waals surface area contributed by atoms with E-state index in [9.17, 15) is 13.2 Å². The number of ether oxygens (including phenoxy) is 1. The summed E-state index contributed by atoms with van der Waals surface area (Å²) in [4.78, 5) is 16.8. The molecule has 0 aliphatic heterocycles. The average Bonchev–Trinajstić information content (AvgIpc) is 2.97. The SMILES string of the molecule is C=CCn1c(=NC(=O)COc2ccc(C)cc2)sc2cc(S(N)(=O)=O)ccc21. The second kappa shape index (κ2) is 8.09. The molecule has 0 unspecified atom stereocenters. The average molecular weight is 418 g/mol. The van der Waals surface area contributed by atoms with Crippen molar-refractivity contribution >= 4 is 37.5 Å². The number of amides is 1. The smallest absolute Gasteiger partial charge is 0.286 e. The zero-order chi connectivity index (χ0) is 20.3. The molecule has 28 heavy (non-hydrogen) atoms. The van der Waals surface area contributed by atoms with Gasteiger partial charge in [-0.3, -0.25) is 4.79 Å². The normalized spacial score (nSPS) is 12.3. The fourth-order valence-electron chi connectivity index (χ4n) is 2.54. The van der Waals surface area contributed by atoms with Gasteiger partial charge in [0.15, 0.2) is 11.4 Å². The minimum absolute atomic E-state index is 0.00702. The standard InChI is InChI=1S/C19H19N3O4S2/c1-3-10-22-16-9-8-15(28(20,24)25)11-17(16)27-19(22)21-18(23)12-26-14-6-4-13(2)5-7-14/h3-9,11H,1,10,12H2,2H3,(H2,20,24,25). The number of carbonyl (C=O) groups is 1. The maximum atomic E-state index is 12.3. The summed E-state index contributed by atoms with van der Waals surface area (Å²) in [6.45, 7) is 5.90. The molecule has 0 atom stereocenters. The van der Waals surface area contributed by atoms with Gasteiger partial charge < -0.3 is 9.30 Å². The Bertz CT molecular complexity index is 1210. The number of aryl methyl sites for hydroxylation is 1. The highest BCUT2D eigenvalue weighted by molar-refractivity contribution is 7.89. The number of nitrogens with zero attached hydrogens (tertiary/aromatic N) is 2. The predicted molar refractivity (Wildman–Crippen MR) is 109 cm³/mol. The number of primary sulfonamides is 1. The number of benzene rings is 2. The van der Waals surface area contributed by atoms with Crippen LogP contribution < -0.4 is 14.7 Å². The molecule has 2 aromatic carbocycles. The quantitative estimate of drug-likeness (QED) is 0.622. The minimum Gasteiger partial charge on any atom is -0.484 e. The van der Waals surface area contributed by atoms with Crippen molar-refractivity contribution in [1.29, 1.82) is 0 Å². The molecule has 1 heterocycles. The molecule has 3 aromatic rings. The second-order valence-electron chi connectivity index (χ2n) is 6.07. The lowest BCUT2D eigenvalue weighted by Gasteiger charge is -2.04. The van der Waals surface area contributed by atoms with E-state index in [0.717, 1.165) is 11.1 Å². The third kappa shape index (κ3) is 4.56. The number of rotatable bonds is 6. The lowest BCUT2D eigenvalue weighted by Crippen LogP contribution is -2.19. The van der Waals surface area contributed by atoms with Crippen molar-refractivity contribution in [2.45, 2.75) is 18.4 Å². The van der Waals surface area contributed by atoms with Crippen molar-refractivity contribution in [3.63, 3.8) is 0 Å². The van der Waals surface area contributed by atoms with Crippen LogP contribution in [0.5, 0.6) is 5.75 Å². The van der Waals surface area contributed by atoms with Gasteiger partial charge in [-0.05, 0) is 37.3 Å². The molecule has 0 bridgehead atoms. The predicted octanol–water partition coefficient (Wildman–Crippen LogP) is 2.35. The largest absolute Gasteiger partial charge is 0.484 e. The van der Waals surface area contributed by atoms with Gasteiger partial charge >= 0.3 is 0 Å². The van der Waals surface area contributed by atoms with E-state index in [-0.39, 0.29) is 11.5 Å². The van der Waals surface area contributed by atoms with E-state index in [2.05, 4.69) is 11.6 Å². The van der Waals surface area contributed by atoms with Gasteiger partial charge in [-0.1, -0.05) is 35.1 Å². The van der Waals surface area contributed by atoms with Crippen LogP contribution >= 0.6 is 11.3 Å². The van der Waals surface area contributed by atoms with Gasteiger partial charge in [0, 0.05) is 6.54 Å². The summed E-state index contributed by atoms with van der Waals surface area (Å²) in [6, 6.07) is 11.9. The number of carbonyl (C=O) groups excluding carboxylic acids is 1. The number of hydrogen-bond acceptors (Lipinski definition) is 5. The highest BCUT2D eigenvalue weighted by atomic mass is 32.2. The molecule has 3 rings (SSSR count). The Morgan fingerprint density at radius 1 is 1.29 bits per heavy atom. The molecule has 0 fully saturated rings. The number of fused-ring (bicyclic) bond motifs is 1. The lowest BCUT2D eigenvalue weighted by molar-refractivity contribution is -0.120. The van der Waals surface area contributed by atoms with Gasteiger partial charge in [0.05, 0.1) is 15.1 Å². The zero-order valence-corrected chi connectivity index (χ0v) is 16.8. The maximum absolute atomic E-state index is 12.3. The highest BCUT2D eigenvalue weighted by Crippen LogP contribution is 2.21. The Hall–Kier alpha value is -2.75. The van der Waals surface area contributed by atoms with Crippen LogP contribution in [0, 0.1) is 6.92 Å². The first-order valence-corrected chi connectivity index (χ1v) is 10.7. The Kier molecular flexibility index (Phi) is 5.78. The van der Waals surface area contributed by atoms with Gasteiger partial charge in [0.2, 0.25) is 10.0 Å². The number of allylic oxidation sites excluding steroid dienone is 1. The van der Waals surface area contributed by atoms with E-state index in [1.807, 2.05) is 19.1 Å². The molecule has 0 saturated carbocycles. The molecule has 1 amide bonds. The van der Waals surface area contributed by atoms with Gasteiger partial charge in [-0.25, -0.2) is 13.6 Å². The second-order valence-corrected chi connectivity index (χ2v) is 8.64. The molecule has 0 radical (unpaired) electrons. The number of aromatic nitrogens is 1. The Morgan fingerprint density at radius 3 is 2.64 bits per heavy atom. The van der Waals surface area contributed by atoms with E-state index < -0.39 is 15.9 Å². The minimum atomic E-state index is -3.82. The number of sulfonamides is 1. The molecule has 0 spiro atoms. The third-order valence-corrected chi connectivity index (χ3v) is 5.85. The van der Waals surface area contributed by atoms with Crippen LogP contribution in [0.25, 0.3) is 10.2 Å².